The SMILES string of the molecule is COCCn1cc(Nc2cc(NC(=O)c3cccc(C#N)c3C(C)C)ccc2C=N)cn1. The van der Waals surface area contributed by atoms with Crippen LogP contribution in [0.25, 0.3) is 0 Å². The third-order valence-electron chi connectivity index (χ3n) is 4.95. The molecule has 1 heterocycles. The fourth-order valence-electron chi connectivity index (χ4n) is 3.44. The number of nitrogens with one attached hydrogen (secondary N) is 3. The fraction of sp³-hybridized carbons (Fsp3) is 0.250. The number of carbonyl (C=O) groups is 1. The summed E-state index contributed by atoms with van der Waals surface area (Å²) >= 11 is 0. The number of nitriles is 1. The molecule has 0 saturated heterocycles. The lowest BCUT2D eigenvalue weighted by atomic mass is 9.92. The molecule has 3 rings (SSSR count). The zero-order chi connectivity index (χ0) is 23.1. The summed E-state index contributed by atoms with van der Waals surface area (Å²) in [7, 11) is 1.64. The Morgan fingerprint density at radius 1 is 1.31 bits per heavy atom. The molecule has 1 amide bonds. The van der Waals surface area contributed by atoms with E-state index in [-0.39, 0.29) is 11.8 Å². The van der Waals surface area contributed by atoms with Crippen molar-refractivity contribution in [1.29, 1.82) is 10.7 Å². The predicted octanol–water partition coefficient (Wildman–Crippen LogP) is 4.52. The van der Waals surface area contributed by atoms with Gasteiger partial charge in [0.05, 0.1) is 36.7 Å². The molecule has 3 N–H and O–H groups in total. The van der Waals surface area contributed by atoms with Crippen LogP contribution in [0.15, 0.2) is 48.8 Å². The molecule has 0 aliphatic rings. The molecule has 1 aromatic heterocycles. The highest BCUT2D eigenvalue weighted by atomic mass is 16.5. The van der Waals surface area contributed by atoms with Crippen LogP contribution >= 0.6 is 0 Å². The summed E-state index contributed by atoms with van der Waals surface area (Å²) in [5, 5.41) is 27.6. The number of methoxy groups -OCH3 is 1. The van der Waals surface area contributed by atoms with Gasteiger partial charge in [-0.15, -0.1) is 0 Å². The van der Waals surface area contributed by atoms with Gasteiger partial charge in [0.15, 0.2) is 0 Å². The van der Waals surface area contributed by atoms with Crippen molar-refractivity contribution in [2.24, 2.45) is 0 Å². The van der Waals surface area contributed by atoms with Gasteiger partial charge in [-0.3, -0.25) is 9.48 Å². The summed E-state index contributed by atoms with van der Waals surface area (Å²) in [5.74, 6) is -0.259. The summed E-state index contributed by atoms with van der Waals surface area (Å²) in [4.78, 5) is 13.0. The summed E-state index contributed by atoms with van der Waals surface area (Å²) in [6.07, 6.45) is 4.79. The Hall–Kier alpha value is -3.96. The number of hydrogen-bond donors (Lipinski definition) is 3. The normalized spacial score (nSPS) is 10.6. The van der Waals surface area contributed by atoms with E-state index in [2.05, 4.69) is 21.8 Å². The van der Waals surface area contributed by atoms with Gasteiger partial charge in [-0.2, -0.15) is 10.4 Å². The Morgan fingerprint density at radius 3 is 2.81 bits per heavy atom. The highest BCUT2D eigenvalue weighted by Crippen LogP contribution is 2.27. The minimum atomic E-state index is -0.285. The van der Waals surface area contributed by atoms with Crippen LogP contribution in [0.1, 0.15) is 46.8 Å². The molecule has 0 unspecified atom stereocenters. The topological polar surface area (TPSA) is 116 Å². The quantitative estimate of drug-likeness (QED) is 0.432. The molecule has 0 aliphatic heterocycles. The number of carbonyl (C=O) groups excluding carboxylic acids is 1. The molecule has 0 fully saturated rings. The molecule has 0 spiro atoms. The number of amides is 1. The van der Waals surface area contributed by atoms with Crippen LogP contribution in [0.2, 0.25) is 0 Å². The highest BCUT2D eigenvalue weighted by Gasteiger charge is 2.18. The van der Waals surface area contributed by atoms with Gasteiger partial charge in [-0.25, -0.2) is 0 Å². The number of nitrogens with zero attached hydrogens (tertiary/aromatic N) is 3. The van der Waals surface area contributed by atoms with Crippen LogP contribution in [0.5, 0.6) is 0 Å². The van der Waals surface area contributed by atoms with Crippen molar-refractivity contribution in [2.45, 2.75) is 26.3 Å². The number of anilines is 3. The van der Waals surface area contributed by atoms with Gasteiger partial charge in [0.2, 0.25) is 0 Å². The van der Waals surface area contributed by atoms with Crippen molar-refractivity contribution in [1.82, 2.24) is 9.78 Å². The van der Waals surface area contributed by atoms with E-state index in [0.717, 1.165) is 11.3 Å². The van der Waals surface area contributed by atoms with Gasteiger partial charge < -0.3 is 20.8 Å². The summed E-state index contributed by atoms with van der Waals surface area (Å²) in [6, 6.07) is 12.6. The van der Waals surface area contributed by atoms with Crippen LogP contribution in [0.4, 0.5) is 17.1 Å². The second-order valence-electron chi connectivity index (χ2n) is 7.54. The second-order valence-corrected chi connectivity index (χ2v) is 7.54. The zero-order valence-corrected chi connectivity index (χ0v) is 18.3. The predicted molar refractivity (Wildman–Crippen MR) is 125 cm³/mol. The molecular weight excluding hydrogens is 404 g/mol. The van der Waals surface area contributed by atoms with E-state index in [9.17, 15) is 10.1 Å². The smallest absolute Gasteiger partial charge is 0.255 e. The van der Waals surface area contributed by atoms with Crippen LogP contribution in [-0.4, -0.2) is 35.6 Å². The van der Waals surface area contributed by atoms with Crippen LogP contribution < -0.4 is 10.6 Å². The number of benzene rings is 2. The van der Waals surface area contributed by atoms with Gasteiger partial charge in [0, 0.05) is 42.0 Å². The largest absolute Gasteiger partial charge is 0.383 e. The van der Waals surface area contributed by atoms with Crippen LogP contribution in [0.3, 0.4) is 0 Å². The van der Waals surface area contributed by atoms with Crippen LogP contribution in [-0.2, 0) is 11.3 Å². The van der Waals surface area contributed by atoms with Gasteiger partial charge in [0.1, 0.15) is 0 Å². The van der Waals surface area contributed by atoms with Crippen LogP contribution in [0, 0.1) is 16.7 Å². The maximum atomic E-state index is 13.0. The Balaban J connectivity index is 1.84. The van der Waals surface area contributed by atoms with E-state index in [1.54, 1.807) is 54.4 Å². The van der Waals surface area contributed by atoms with Crippen molar-refractivity contribution in [3.05, 3.63) is 71.0 Å². The van der Waals surface area contributed by atoms with Gasteiger partial charge in [-0.05, 0) is 41.8 Å². The first-order chi connectivity index (χ1) is 15.5. The Labute approximate surface area is 187 Å². The second kappa shape index (κ2) is 10.4. The van der Waals surface area contributed by atoms with E-state index < -0.39 is 0 Å². The third kappa shape index (κ3) is 5.20. The standard InChI is InChI=1S/C24H26N6O2/c1-16(2)23-18(13-26)5-4-6-21(23)24(31)29-19-8-7-17(12-25)22(11-19)28-20-14-27-30(15-20)9-10-32-3/h4-8,11-12,14-16,25,28H,9-10H2,1-3H3,(H,29,31). The molecule has 0 atom stereocenters. The Kier molecular flexibility index (Phi) is 7.37. The Morgan fingerprint density at radius 2 is 2.12 bits per heavy atom. The van der Waals surface area contributed by atoms with Gasteiger partial charge in [-0.1, -0.05) is 19.9 Å². The van der Waals surface area contributed by atoms with E-state index in [0.29, 0.717) is 41.2 Å². The highest BCUT2D eigenvalue weighted by molar-refractivity contribution is 6.06. The molecule has 164 valence electrons. The average molecular weight is 431 g/mol. The molecule has 0 bridgehead atoms. The number of ether oxygens (including phenoxy) is 1. The van der Waals surface area contributed by atoms with E-state index >= 15 is 0 Å². The van der Waals surface area contributed by atoms with Gasteiger partial charge in [0.25, 0.3) is 5.91 Å². The molecule has 32 heavy (non-hydrogen) atoms. The van der Waals surface area contributed by atoms with Crippen molar-refractivity contribution in [3.8, 4) is 6.07 Å². The van der Waals surface area contributed by atoms with E-state index in [1.807, 2.05) is 20.0 Å². The molecule has 2 aromatic carbocycles. The van der Waals surface area contributed by atoms with Crippen molar-refractivity contribution >= 4 is 29.2 Å². The zero-order valence-electron chi connectivity index (χ0n) is 18.3. The number of aromatic nitrogens is 2. The first kappa shape index (κ1) is 22.7. The average Bonchev–Trinajstić information content (AvgIpc) is 3.24. The molecular formula is C24H26N6O2. The number of hydrogen-bond acceptors (Lipinski definition) is 6. The lowest BCUT2D eigenvalue weighted by molar-refractivity contribution is 0.102. The molecule has 3 aromatic rings. The minimum Gasteiger partial charge on any atom is -0.383 e. The molecule has 8 heteroatoms. The van der Waals surface area contributed by atoms with Crippen molar-refractivity contribution in [3.63, 3.8) is 0 Å². The molecule has 8 nitrogen and oxygen atoms in total. The molecule has 0 aliphatic carbocycles. The lowest BCUT2D eigenvalue weighted by Gasteiger charge is -2.15. The van der Waals surface area contributed by atoms with Crippen molar-refractivity contribution in [2.75, 3.05) is 24.4 Å². The summed E-state index contributed by atoms with van der Waals surface area (Å²) in [6.45, 7) is 5.10. The first-order valence-electron chi connectivity index (χ1n) is 10.2. The monoisotopic (exact) mass is 430 g/mol. The maximum absolute atomic E-state index is 13.0. The lowest BCUT2D eigenvalue weighted by Crippen LogP contribution is -2.16. The fourth-order valence-corrected chi connectivity index (χ4v) is 3.44. The third-order valence-corrected chi connectivity index (χ3v) is 4.95. The van der Waals surface area contributed by atoms with E-state index in [1.165, 1.54) is 6.21 Å². The van der Waals surface area contributed by atoms with Crippen molar-refractivity contribution < 1.29 is 9.53 Å². The number of rotatable bonds is 9. The molecule has 0 radical (unpaired) electrons. The Bertz CT molecular complexity index is 1160. The molecule has 0 saturated carbocycles. The summed E-state index contributed by atoms with van der Waals surface area (Å²) in [5.41, 5.74) is 4.37. The first-order valence-corrected chi connectivity index (χ1v) is 10.2. The van der Waals surface area contributed by atoms with E-state index in [4.69, 9.17) is 10.1 Å². The maximum Gasteiger partial charge on any atom is 0.255 e. The summed E-state index contributed by atoms with van der Waals surface area (Å²) < 4.78 is 6.83. The van der Waals surface area contributed by atoms with Gasteiger partial charge >= 0.3 is 0 Å². The minimum absolute atomic E-state index is 0.0266.